The summed E-state index contributed by atoms with van der Waals surface area (Å²) in [5.41, 5.74) is 5.44. The molecule has 0 amide bonds. The Morgan fingerprint density at radius 2 is 2.29 bits per heavy atom. The van der Waals surface area contributed by atoms with E-state index in [1.165, 1.54) is 0 Å². The molecule has 0 aliphatic carbocycles. The van der Waals surface area contributed by atoms with E-state index in [2.05, 4.69) is 18.7 Å². The third kappa shape index (κ3) is 2.24. The Labute approximate surface area is 91.3 Å². The van der Waals surface area contributed by atoms with Gasteiger partial charge in [0.15, 0.2) is 0 Å². The number of likely N-dealkylation sites (tertiary alicyclic amines) is 1. The Bertz CT molecular complexity index is 230. The minimum Gasteiger partial charge on any atom is -0.393 e. The maximum atomic E-state index is 9.77. The normalized spacial score (nSPS) is 29.0. The summed E-state index contributed by atoms with van der Waals surface area (Å²) in [6.45, 7) is 7.94. The Hall–Kier alpha value is -0.190. The van der Waals surface area contributed by atoms with E-state index in [1.807, 2.05) is 6.92 Å². The molecular weight excluding hydrogens is 196 g/mol. The zero-order chi connectivity index (χ0) is 10.9. The van der Waals surface area contributed by atoms with Gasteiger partial charge in [0.25, 0.3) is 0 Å². The van der Waals surface area contributed by atoms with E-state index < -0.39 is 0 Å². The topological polar surface area (TPSA) is 49.5 Å². The monoisotopic (exact) mass is 216 g/mol. The molecule has 1 aliphatic rings. The van der Waals surface area contributed by atoms with Crippen molar-refractivity contribution in [2.45, 2.75) is 38.8 Å². The van der Waals surface area contributed by atoms with Gasteiger partial charge in [-0.3, -0.25) is 4.90 Å². The van der Waals surface area contributed by atoms with Gasteiger partial charge in [-0.2, -0.15) is 0 Å². The summed E-state index contributed by atoms with van der Waals surface area (Å²) in [6, 6.07) is 0. The highest BCUT2D eigenvalue weighted by molar-refractivity contribution is 7.80. The van der Waals surface area contributed by atoms with Crippen molar-refractivity contribution in [3.8, 4) is 0 Å². The number of hydrogen-bond acceptors (Lipinski definition) is 3. The van der Waals surface area contributed by atoms with Gasteiger partial charge in [0.05, 0.1) is 11.1 Å². The van der Waals surface area contributed by atoms with Gasteiger partial charge in [0.1, 0.15) is 0 Å². The van der Waals surface area contributed by atoms with Gasteiger partial charge in [0.2, 0.25) is 0 Å². The highest BCUT2D eigenvalue weighted by Crippen LogP contribution is 2.29. The molecule has 1 fully saturated rings. The fourth-order valence-electron chi connectivity index (χ4n) is 1.88. The molecule has 1 heterocycles. The van der Waals surface area contributed by atoms with E-state index >= 15 is 0 Å². The van der Waals surface area contributed by atoms with E-state index in [9.17, 15) is 5.11 Å². The van der Waals surface area contributed by atoms with Gasteiger partial charge < -0.3 is 10.8 Å². The highest BCUT2D eigenvalue weighted by Gasteiger charge is 2.40. The van der Waals surface area contributed by atoms with Crippen LogP contribution in [0, 0.1) is 5.92 Å². The molecule has 0 radical (unpaired) electrons. The molecule has 3 N–H and O–H groups in total. The molecule has 82 valence electrons. The standard InChI is InChI=1S/C10H20N2OS/c1-7(9(11)14)6-12-5-4-8(13)10(12,2)3/h7-8,13H,4-6H2,1-3H3,(H2,11,14). The van der Waals surface area contributed by atoms with Crippen molar-refractivity contribution in [1.82, 2.24) is 4.90 Å². The summed E-state index contributed by atoms with van der Waals surface area (Å²) in [5.74, 6) is 0.217. The number of thiocarbonyl (C=S) groups is 1. The fraction of sp³-hybridized carbons (Fsp3) is 0.900. The molecular formula is C10H20N2OS. The van der Waals surface area contributed by atoms with Crippen LogP contribution >= 0.6 is 12.2 Å². The lowest BCUT2D eigenvalue weighted by Gasteiger charge is -2.35. The first kappa shape index (κ1) is 11.9. The third-order valence-corrected chi connectivity index (χ3v) is 3.69. The van der Waals surface area contributed by atoms with Crippen LogP contribution in [0.2, 0.25) is 0 Å². The first-order valence-electron chi connectivity index (χ1n) is 5.08. The van der Waals surface area contributed by atoms with E-state index in [-0.39, 0.29) is 17.6 Å². The Balaban J connectivity index is 2.58. The van der Waals surface area contributed by atoms with E-state index in [1.54, 1.807) is 0 Å². The highest BCUT2D eigenvalue weighted by atomic mass is 32.1. The number of rotatable bonds is 3. The Morgan fingerprint density at radius 1 is 1.71 bits per heavy atom. The van der Waals surface area contributed by atoms with Gasteiger partial charge in [-0.1, -0.05) is 19.1 Å². The smallest absolute Gasteiger partial charge is 0.0768 e. The van der Waals surface area contributed by atoms with Crippen LogP contribution in [0.5, 0.6) is 0 Å². The minimum atomic E-state index is -0.235. The van der Waals surface area contributed by atoms with Crippen LogP contribution in [0.15, 0.2) is 0 Å². The number of hydrogen-bond donors (Lipinski definition) is 2. The van der Waals surface area contributed by atoms with Crippen LogP contribution in [0.1, 0.15) is 27.2 Å². The molecule has 1 rings (SSSR count). The minimum absolute atomic E-state index is 0.140. The third-order valence-electron chi connectivity index (χ3n) is 3.28. The molecule has 2 unspecified atom stereocenters. The maximum absolute atomic E-state index is 9.77. The predicted molar refractivity (Wildman–Crippen MR) is 62.2 cm³/mol. The average Bonchev–Trinajstić information content (AvgIpc) is 2.31. The van der Waals surface area contributed by atoms with Crippen molar-refractivity contribution in [1.29, 1.82) is 0 Å². The first-order valence-corrected chi connectivity index (χ1v) is 5.49. The van der Waals surface area contributed by atoms with Crippen LogP contribution < -0.4 is 5.73 Å². The number of nitrogens with two attached hydrogens (primary N) is 1. The first-order chi connectivity index (χ1) is 6.35. The molecule has 1 saturated heterocycles. The molecule has 2 atom stereocenters. The summed E-state index contributed by atoms with van der Waals surface area (Å²) in [7, 11) is 0. The van der Waals surface area contributed by atoms with Crippen molar-refractivity contribution in [2.75, 3.05) is 13.1 Å². The molecule has 1 aliphatic heterocycles. The Kier molecular flexibility index (Phi) is 3.50. The van der Waals surface area contributed by atoms with Gasteiger partial charge in [-0.15, -0.1) is 0 Å². The zero-order valence-corrected chi connectivity index (χ0v) is 9.97. The van der Waals surface area contributed by atoms with Gasteiger partial charge in [-0.25, -0.2) is 0 Å². The molecule has 0 spiro atoms. The quantitative estimate of drug-likeness (QED) is 0.684. The summed E-state index contributed by atoms with van der Waals surface area (Å²) >= 11 is 4.95. The average molecular weight is 216 g/mol. The number of aliphatic hydroxyl groups excluding tert-OH is 1. The van der Waals surface area contributed by atoms with Crippen LogP contribution in [-0.4, -0.2) is 39.7 Å². The SMILES string of the molecule is CC(CN1CCC(O)C1(C)C)C(N)=S. The lowest BCUT2D eigenvalue weighted by molar-refractivity contribution is 0.0516. The Morgan fingerprint density at radius 3 is 2.64 bits per heavy atom. The summed E-state index contributed by atoms with van der Waals surface area (Å²) in [6.07, 6.45) is 0.609. The summed E-state index contributed by atoms with van der Waals surface area (Å²) in [5, 5.41) is 9.77. The molecule has 0 aromatic carbocycles. The van der Waals surface area contributed by atoms with E-state index in [0.29, 0.717) is 4.99 Å². The molecule has 3 nitrogen and oxygen atoms in total. The number of aliphatic hydroxyl groups is 1. The van der Waals surface area contributed by atoms with E-state index in [0.717, 1.165) is 19.5 Å². The second kappa shape index (κ2) is 4.13. The van der Waals surface area contributed by atoms with Crippen LogP contribution in [0.4, 0.5) is 0 Å². The zero-order valence-electron chi connectivity index (χ0n) is 9.16. The number of nitrogens with zero attached hydrogens (tertiary/aromatic N) is 1. The van der Waals surface area contributed by atoms with Crippen molar-refractivity contribution in [2.24, 2.45) is 11.7 Å². The molecule has 14 heavy (non-hydrogen) atoms. The summed E-state index contributed by atoms with van der Waals surface area (Å²) in [4.78, 5) is 2.82. The van der Waals surface area contributed by atoms with Gasteiger partial charge in [0, 0.05) is 24.5 Å². The van der Waals surface area contributed by atoms with Gasteiger partial charge in [-0.05, 0) is 20.3 Å². The molecule has 0 aromatic rings. The molecule has 0 saturated carbocycles. The second-order valence-electron chi connectivity index (χ2n) is 4.71. The van der Waals surface area contributed by atoms with Crippen LogP contribution in [0.3, 0.4) is 0 Å². The van der Waals surface area contributed by atoms with Crippen molar-refractivity contribution in [3.05, 3.63) is 0 Å². The van der Waals surface area contributed by atoms with Crippen molar-refractivity contribution >= 4 is 17.2 Å². The lowest BCUT2D eigenvalue weighted by Crippen LogP contribution is -2.47. The second-order valence-corrected chi connectivity index (χ2v) is 5.18. The largest absolute Gasteiger partial charge is 0.393 e. The lowest BCUT2D eigenvalue weighted by atomic mass is 9.98. The van der Waals surface area contributed by atoms with Crippen LogP contribution in [0.25, 0.3) is 0 Å². The molecule has 0 aromatic heterocycles. The fourth-order valence-corrected chi connectivity index (χ4v) is 1.95. The predicted octanol–water partition coefficient (Wildman–Crippen LogP) is 0.754. The van der Waals surface area contributed by atoms with Crippen molar-refractivity contribution in [3.63, 3.8) is 0 Å². The molecule has 4 heteroatoms. The molecule has 0 bridgehead atoms. The van der Waals surface area contributed by atoms with Crippen LogP contribution in [-0.2, 0) is 0 Å². The van der Waals surface area contributed by atoms with E-state index in [4.69, 9.17) is 18.0 Å². The van der Waals surface area contributed by atoms with Crippen molar-refractivity contribution < 1.29 is 5.11 Å². The van der Waals surface area contributed by atoms with Gasteiger partial charge >= 0.3 is 0 Å². The summed E-state index contributed by atoms with van der Waals surface area (Å²) < 4.78 is 0. The maximum Gasteiger partial charge on any atom is 0.0768 e.